The fraction of sp³-hybridized carbons (Fsp3) is 0. The minimum absolute atomic E-state index is 0. The predicted molar refractivity (Wildman–Crippen MR) is 23.2 cm³/mol. The average molecular weight is 214 g/mol. The topological polar surface area (TPSA) is 80.9 Å². The normalized spacial score (nSPS) is 8.57. The van der Waals surface area contributed by atoms with E-state index in [9.17, 15) is 0 Å². The Morgan fingerprint density at radius 1 is 0.857 bits per heavy atom. The van der Waals surface area contributed by atoms with Crippen LogP contribution in [0.25, 0.3) is 0 Å². The van der Waals surface area contributed by atoms with Gasteiger partial charge in [0.2, 0.25) is 0 Å². The van der Waals surface area contributed by atoms with Crippen molar-refractivity contribution < 1.29 is 45.4 Å². The standard InChI is InChI=1S/Mg.H4O4Si.Zr.2H/c;1-5(2,3)4;;;/h;1-4H;;;. The average Bonchev–Trinajstić information content (AvgIpc) is 0.722. The predicted octanol–water partition coefficient (Wildman–Crippen LogP) is -3.53. The first-order valence-electron chi connectivity index (χ1n) is 0.894. The third-order valence-corrected chi connectivity index (χ3v) is 0. The molecule has 0 rings (SSSR count). The van der Waals surface area contributed by atoms with E-state index in [0.29, 0.717) is 0 Å². The van der Waals surface area contributed by atoms with Crippen LogP contribution < -0.4 is 0 Å². The van der Waals surface area contributed by atoms with Gasteiger partial charge in [-0.15, -0.1) is 0 Å². The smallest absolute Gasteiger partial charge is 0.368 e. The van der Waals surface area contributed by atoms with E-state index in [0.717, 1.165) is 0 Å². The van der Waals surface area contributed by atoms with E-state index in [2.05, 4.69) is 0 Å². The molecule has 0 amide bonds. The van der Waals surface area contributed by atoms with Crippen molar-refractivity contribution in [3.63, 3.8) is 0 Å². The maximum Gasteiger partial charge on any atom is 0.668 e. The second-order valence-corrected chi connectivity index (χ2v) is 1.80. The third kappa shape index (κ3) is 86.2. The van der Waals surface area contributed by atoms with Crippen LogP contribution in [0.3, 0.4) is 0 Å². The molecule has 0 fully saturated rings. The molecule has 7 heavy (non-hydrogen) atoms. The second-order valence-electron chi connectivity index (χ2n) is 0.600. The van der Waals surface area contributed by atoms with E-state index < -0.39 is 9.05 Å². The first kappa shape index (κ1) is 15.9. The maximum atomic E-state index is 7.33. The van der Waals surface area contributed by atoms with Crippen molar-refractivity contribution in [1.29, 1.82) is 0 Å². The zero-order valence-electron chi connectivity index (χ0n) is 2.79. The SMILES string of the molecule is O[Si](O)(O)O.[MgH2].[Zr]. The van der Waals surface area contributed by atoms with Gasteiger partial charge in [-0.3, -0.25) is 0 Å². The van der Waals surface area contributed by atoms with Gasteiger partial charge in [0.1, 0.15) is 0 Å². The van der Waals surface area contributed by atoms with Crippen molar-refractivity contribution in [1.82, 2.24) is 0 Å². The van der Waals surface area contributed by atoms with Gasteiger partial charge < -0.3 is 19.2 Å². The minimum Gasteiger partial charge on any atom is -0.368 e. The zero-order valence-corrected chi connectivity index (χ0v) is 6.25. The molecule has 0 atom stereocenters. The molecular weight excluding hydrogens is 208 g/mol. The monoisotopic (exact) mass is 212 g/mol. The largest absolute Gasteiger partial charge is 0.668 e. The summed E-state index contributed by atoms with van der Waals surface area (Å²) < 4.78 is 0. The summed E-state index contributed by atoms with van der Waals surface area (Å²) in [5.41, 5.74) is 0. The summed E-state index contributed by atoms with van der Waals surface area (Å²) in [6.07, 6.45) is 0. The van der Waals surface area contributed by atoms with Gasteiger partial charge in [0.15, 0.2) is 0 Å². The van der Waals surface area contributed by atoms with Gasteiger partial charge in [0, 0.05) is 26.2 Å². The van der Waals surface area contributed by atoms with Crippen molar-refractivity contribution in [2.24, 2.45) is 0 Å². The molecule has 0 heterocycles. The van der Waals surface area contributed by atoms with Crippen LogP contribution in [0.2, 0.25) is 0 Å². The molecule has 0 aromatic carbocycles. The molecule has 0 radical (unpaired) electrons. The van der Waals surface area contributed by atoms with E-state index in [4.69, 9.17) is 19.2 Å². The van der Waals surface area contributed by atoms with Crippen LogP contribution in [-0.2, 0) is 26.2 Å². The minimum atomic E-state index is -4.61. The van der Waals surface area contributed by atoms with Gasteiger partial charge in [-0.1, -0.05) is 0 Å². The number of hydrogen-bond donors (Lipinski definition) is 4. The van der Waals surface area contributed by atoms with Crippen molar-refractivity contribution in [2.75, 3.05) is 0 Å². The van der Waals surface area contributed by atoms with E-state index in [-0.39, 0.29) is 49.3 Å². The van der Waals surface area contributed by atoms with Crippen LogP contribution in [-0.4, -0.2) is 51.3 Å². The Balaban J connectivity index is -0.0000000800. The first-order valence-corrected chi connectivity index (χ1v) is 2.68. The molecule has 0 bridgehead atoms. The van der Waals surface area contributed by atoms with Crippen molar-refractivity contribution >= 4 is 32.1 Å². The van der Waals surface area contributed by atoms with Crippen LogP contribution >= 0.6 is 0 Å². The van der Waals surface area contributed by atoms with E-state index in [1.54, 1.807) is 0 Å². The van der Waals surface area contributed by atoms with Crippen molar-refractivity contribution in [3.8, 4) is 0 Å². The Morgan fingerprint density at radius 2 is 0.857 bits per heavy atom. The van der Waals surface area contributed by atoms with Gasteiger partial charge in [0.25, 0.3) is 0 Å². The Hall–Kier alpha value is 1.71. The Kier molecular flexibility index (Phi) is 13.2. The fourth-order valence-corrected chi connectivity index (χ4v) is 0. The molecule has 0 saturated carbocycles. The Bertz CT molecular complexity index is 27.2. The Morgan fingerprint density at radius 3 is 0.857 bits per heavy atom. The molecule has 0 spiro atoms. The summed E-state index contributed by atoms with van der Waals surface area (Å²) in [4.78, 5) is 29.3. The van der Waals surface area contributed by atoms with Crippen LogP contribution in [0, 0.1) is 0 Å². The molecule has 0 aliphatic heterocycles. The molecule has 0 aliphatic rings. The van der Waals surface area contributed by atoms with Gasteiger partial charge in [-0.05, 0) is 0 Å². The summed E-state index contributed by atoms with van der Waals surface area (Å²) in [6, 6.07) is 0. The molecule has 40 valence electrons. The molecule has 0 aliphatic carbocycles. The second kappa shape index (κ2) is 5.84. The molecule has 7 heteroatoms. The van der Waals surface area contributed by atoms with Crippen LogP contribution in [0.15, 0.2) is 0 Å². The first-order chi connectivity index (χ1) is 2.00. The molecule has 0 saturated heterocycles. The third-order valence-electron chi connectivity index (χ3n) is 0. The molecule has 4 nitrogen and oxygen atoms in total. The van der Waals surface area contributed by atoms with E-state index >= 15 is 0 Å². The number of hydrogen-bond acceptors (Lipinski definition) is 4. The fourth-order valence-electron chi connectivity index (χ4n) is 0. The van der Waals surface area contributed by atoms with E-state index in [1.165, 1.54) is 0 Å². The summed E-state index contributed by atoms with van der Waals surface area (Å²) >= 11 is 0. The number of rotatable bonds is 0. The summed E-state index contributed by atoms with van der Waals surface area (Å²) in [5, 5.41) is 0. The maximum absolute atomic E-state index is 7.33. The molecule has 4 N–H and O–H groups in total. The molecule has 0 aromatic rings. The van der Waals surface area contributed by atoms with Crippen LogP contribution in [0.4, 0.5) is 0 Å². The molecular formula is H6MgO4SiZr. The van der Waals surface area contributed by atoms with Crippen LogP contribution in [0.5, 0.6) is 0 Å². The van der Waals surface area contributed by atoms with Gasteiger partial charge in [-0.2, -0.15) is 0 Å². The summed E-state index contributed by atoms with van der Waals surface area (Å²) in [5.74, 6) is 0. The Labute approximate surface area is 76.9 Å². The van der Waals surface area contributed by atoms with Gasteiger partial charge in [0.05, 0.1) is 0 Å². The zero-order chi connectivity index (χ0) is 4.50. The van der Waals surface area contributed by atoms with Crippen LogP contribution in [0.1, 0.15) is 0 Å². The van der Waals surface area contributed by atoms with E-state index in [1.807, 2.05) is 0 Å². The van der Waals surface area contributed by atoms with Gasteiger partial charge in [-0.25, -0.2) is 0 Å². The summed E-state index contributed by atoms with van der Waals surface area (Å²) in [6.45, 7) is 0. The quantitative estimate of drug-likeness (QED) is 0.315. The van der Waals surface area contributed by atoms with Crippen molar-refractivity contribution in [3.05, 3.63) is 0 Å². The summed E-state index contributed by atoms with van der Waals surface area (Å²) in [7, 11) is -4.61. The molecule has 0 aromatic heterocycles. The van der Waals surface area contributed by atoms with Gasteiger partial charge >= 0.3 is 32.1 Å². The van der Waals surface area contributed by atoms with Crippen molar-refractivity contribution in [2.45, 2.75) is 0 Å². The molecule has 0 unspecified atom stereocenters.